The number of H-pyrrole nitrogens is 1. The molecule has 6 nitrogen and oxygen atoms in total. The maximum absolute atomic E-state index is 11.0. The summed E-state index contributed by atoms with van der Waals surface area (Å²) in [7, 11) is 1.66. The molecule has 1 saturated heterocycles. The van der Waals surface area contributed by atoms with E-state index < -0.39 is 5.60 Å². The average Bonchev–Trinajstić information content (AvgIpc) is 3.00. The van der Waals surface area contributed by atoms with E-state index >= 15 is 0 Å². The molecule has 2 fully saturated rings. The van der Waals surface area contributed by atoms with E-state index in [0.717, 1.165) is 62.8 Å². The van der Waals surface area contributed by atoms with Crippen molar-refractivity contribution in [2.24, 2.45) is 5.92 Å². The molecule has 3 rings (SSSR count). The van der Waals surface area contributed by atoms with E-state index in [1.54, 1.807) is 7.11 Å². The first-order chi connectivity index (χ1) is 11.1. The Morgan fingerprint density at radius 1 is 1.30 bits per heavy atom. The SMILES string of the molecule is COCc1nc([C@H]2CCCCN2CC2(O)CCC(C)CC2)n[nH]1. The minimum Gasteiger partial charge on any atom is -0.389 e. The second-order valence-electron chi connectivity index (χ2n) is 7.46. The van der Waals surface area contributed by atoms with Crippen molar-refractivity contribution >= 4 is 0 Å². The highest BCUT2D eigenvalue weighted by molar-refractivity contribution is 5.00. The predicted molar refractivity (Wildman–Crippen MR) is 87.8 cm³/mol. The molecule has 1 aromatic heterocycles. The lowest BCUT2D eigenvalue weighted by molar-refractivity contribution is -0.0508. The molecule has 2 N–H and O–H groups in total. The van der Waals surface area contributed by atoms with Gasteiger partial charge in [0.25, 0.3) is 0 Å². The number of methoxy groups -OCH3 is 1. The minimum atomic E-state index is -0.534. The Morgan fingerprint density at radius 2 is 2.09 bits per heavy atom. The molecule has 1 atom stereocenters. The third-order valence-corrected chi connectivity index (χ3v) is 5.44. The van der Waals surface area contributed by atoms with Crippen LogP contribution < -0.4 is 0 Å². The van der Waals surface area contributed by atoms with Gasteiger partial charge in [-0.05, 0) is 51.0 Å². The maximum atomic E-state index is 11.0. The number of aromatic amines is 1. The molecule has 0 amide bonds. The molecule has 0 unspecified atom stereocenters. The van der Waals surface area contributed by atoms with Crippen LogP contribution in [0.1, 0.15) is 69.6 Å². The monoisotopic (exact) mass is 322 g/mol. The van der Waals surface area contributed by atoms with Gasteiger partial charge in [0, 0.05) is 13.7 Å². The fourth-order valence-corrected chi connectivity index (χ4v) is 3.97. The number of ether oxygens (including phenoxy) is 1. The van der Waals surface area contributed by atoms with E-state index in [4.69, 9.17) is 4.74 Å². The summed E-state index contributed by atoms with van der Waals surface area (Å²) in [5.41, 5.74) is -0.534. The van der Waals surface area contributed by atoms with Crippen LogP contribution in [-0.2, 0) is 11.3 Å². The highest BCUT2D eigenvalue weighted by Crippen LogP contribution is 2.36. The summed E-state index contributed by atoms with van der Waals surface area (Å²) in [5, 5.41) is 18.4. The third-order valence-electron chi connectivity index (χ3n) is 5.44. The second-order valence-corrected chi connectivity index (χ2v) is 7.46. The zero-order valence-corrected chi connectivity index (χ0v) is 14.4. The first-order valence-corrected chi connectivity index (χ1v) is 8.96. The van der Waals surface area contributed by atoms with Crippen molar-refractivity contribution in [2.45, 2.75) is 70.1 Å². The molecule has 0 radical (unpaired) electrons. The molecule has 0 spiro atoms. The number of aromatic nitrogens is 3. The first-order valence-electron chi connectivity index (χ1n) is 8.96. The van der Waals surface area contributed by atoms with Crippen LogP contribution in [0.4, 0.5) is 0 Å². The number of hydrogen-bond donors (Lipinski definition) is 2. The van der Waals surface area contributed by atoms with Crippen molar-refractivity contribution in [3.8, 4) is 0 Å². The normalized spacial score (nSPS) is 33.0. The second kappa shape index (κ2) is 7.28. The Hall–Kier alpha value is -0.980. The summed E-state index contributed by atoms with van der Waals surface area (Å²) in [5.74, 6) is 2.37. The Kier molecular flexibility index (Phi) is 5.34. The zero-order chi connectivity index (χ0) is 16.3. The van der Waals surface area contributed by atoms with Gasteiger partial charge >= 0.3 is 0 Å². The van der Waals surface area contributed by atoms with Gasteiger partial charge in [0.05, 0.1) is 11.6 Å². The van der Waals surface area contributed by atoms with Crippen LogP contribution in [0.3, 0.4) is 0 Å². The molecule has 1 aliphatic carbocycles. The molecular weight excluding hydrogens is 292 g/mol. The van der Waals surface area contributed by atoms with E-state index in [1.807, 2.05) is 0 Å². The van der Waals surface area contributed by atoms with Gasteiger partial charge in [-0.15, -0.1) is 0 Å². The predicted octanol–water partition coefficient (Wildman–Crippen LogP) is 2.42. The summed E-state index contributed by atoms with van der Waals surface area (Å²) in [6.07, 6.45) is 7.56. The van der Waals surface area contributed by atoms with Gasteiger partial charge < -0.3 is 9.84 Å². The quantitative estimate of drug-likeness (QED) is 0.871. The molecule has 6 heteroatoms. The van der Waals surface area contributed by atoms with E-state index in [1.165, 1.54) is 12.8 Å². The largest absolute Gasteiger partial charge is 0.389 e. The van der Waals surface area contributed by atoms with Gasteiger partial charge in [-0.2, -0.15) is 5.10 Å². The molecule has 0 bridgehead atoms. The van der Waals surface area contributed by atoms with Gasteiger partial charge in [-0.3, -0.25) is 10.00 Å². The fraction of sp³-hybridized carbons (Fsp3) is 0.882. The number of nitrogens with one attached hydrogen (secondary N) is 1. The highest BCUT2D eigenvalue weighted by Gasteiger charge is 2.37. The number of piperidine rings is 1. The Labute approximate surface area is 138 Å². The topological polar surface area (TPSA) is 74.3 Å². The number of hydrogen-bond acceptors (Lipinski definition) is 5. The van der Waals surface area contributed by atoms with Gasteiger partial charge in [0.15, 0.2) is 11.6 Å². The first kappa shape index (κ1) is 16.9. The number of likely N-dealkylation sites (tertiary alicyclic amines) is 1. The summed E-state index contributed by atoms with van der Waals surface area (Å²) < 4.78 is 5.12. The van der Waals surface area contributed by atoms with Crippen LogP contribution in [0.15, 0.2) is 0 Å². The minimum absolute atomic E-state index is 0.217. The molecule has 2 aliphatic rings. The lowest BCUT2D eigenvalue weighted by Gasteiger charge is -2.42. The molecule has 1 aromatic rings. The van der Waals surface area contributed by atoms with Crippen LogP contribution >= 0.6 is 0 Å². The van der Waals surface area contributed by atoms with Crippen molar-refractivity contribution in [3.63, 3.8) is 0 Å². The van der Waals surface area contributed by atoms with E-state index in [2.05, 4.69) is 27.0 Å². The van der Waals surface area contributed by atoms with Crippen molar-refractivity contribution in [2.75, 3.05) is 20.2 Å². The van der Waals surface area contributed by atoms with Crippen molar-refractivity contribution < 1.29 is 9.84 Å². The smallest absolute Gasteiger partial charge is 0.167 e. The molecular formula is C17H30N4O2. The lowest BCUT2D eigenvalue weighted by atomic mass is 9.79. The molecule has 0 aromatic carbocycles. The average molecular weight is 322 g/mol. The fourth-order valence-electron chi connectivity index (χ4n) is 3.97. The Morgan fingerprint density at radius 3 is 2.83 bits per heavy atom. The van der Waals surface area contributed by atoms with Crippen LogP contribution in [0, 0.1) is 5.92 Å². The van der Waals surface area contributed by atoms with Gasteiger partial charge in [0.2, 0.25) is 0 Å². The standard InChI is InChI=1S/C17H30N4O2/c1-13-6-8-17(22,9-7-13)12-21-10-4-3-5-14(21)16-18-15(11-23-2)19-20-16/h13-14,22H,3-12H2,1-2H3,(H,18,19,20)/t13?,14-,17?/m1/s1. The van der Waals surface area contributed by atoms with E-state index in [0.29, 0.717) is 6.61 Å². The third kappa shape index (κ3) is 4.11. The maximum Gasteiger partial charge on any atom is 0.167 e. The highest BCUT2D eigenvalue weighted by atomic mass is 16.5. The summed E-state index contributed by atoms with van der Waals surface area (Å²) >= 11 is 0. The molecule has 23 heavy (non-hydrogen) atoms. The Bertz CT molecular complexity index is 497. The van der Waals surface area contributed by atoms with Gasteiger partial charge in [0.1, 0.15) is 6.61 Å². The summed E-state index contributed by atoms with van der Waals surface area (Å²) in [4.78, 5) is 6.99. The lowest BCUT2D eigenvalue weighted by Crippen LogP contribution is -2.48. The molecule has 1 aliphatic heterocycles. The van der Waals surface area contributed by atoms with Crippen LogP contribution in [0.2, 0.25) is 0 Å². The van der Waals surface area contributed by atoms with E-state index in [9.17, 15) is 5.11 Å². The summed E-state index contributed by atoms with van der Waals surface area (Å²) in [6.45, 7) is 4.52. The molecule has 130 valence electrons. The van der Waals surface area contributed by atoms with Crippen LogP contribution in [0.5, 0.6) is 0 Å². The number of aliphatic hydroxyl groups is 1. The van der Waals surface area contributed by atoms with E-state index in [-0.39, 0.29) is 6.04 Å². The number of β-amino-alcohol motifs (C(OH)–C–C–N with tert-alkyl or cyclic N) is 1. The number of rotatable bonds is 5. The summed E-state index contributed by atoms with van der Waals surface area (Å²) in [6, 6.07) is 0.217. The van der Waals surface area contributed by atoms with Gasteiger partial charge in [-0.25, -0.2) is 4.98 Å². The molecule has 1 saturated carbocycles. The zero-order valence-electron chi connectivity index (χ0n) is 14.4. The van der Waals surface area contributed by atoms with Crippen molar-refractivity contribution in [1.29, 1.82) is 0 Å². The Balaban J connectivity index is 1.68. The van der Waals surface area contributed by atoms with Gasteiger partial charge in [-0.1, -0.05) is 13.3 Å². The number of nitrogens with zero attached hydrogens (tertiary/aromatic N) is 3. The van der Waals surface area contributed by atoms with Crippen molar-refractivity contribution in [1.82, 2.24) is 20.1 Å². The van der Waals surface area contributed by atoms with Crippen LogP contribution in [-0.4, -0.2) is 51.0 Å². The van der Waals surface area contributed by atoms with Crippen molar-refractivity contribution in [3.05, 3.63) is 11.6 Å². The molecule has 2 heterocycles. The van der Waals surface area contributed by atoms with Crippen LogP contribution in [0.25, 0.3) is 0 Å².